The molecule has 208 valence electrons. The highest BCUT2D eigenvalue weighted by atomic mass is 16.5. The van der Waals surface area contributed by atoms with Crippen molar-refractivity contribution in [2.45, 2.75) is 96.4 Å². The molecule has 0 radical (unpaired) electrons. The molecule has 3 N–H and O–H groups in total. The van der Waals surface area contributed by atoms with Gasteiger partial charge in [0.1, 0.15) is 12.0 Å². The molecular weight excluding hydrogens is 472 g/mol. The van der Waals surface area contributed by atoms with E-state index in [1.165, 1.54) is 5.56 Å². The average molecular weight is 519 g/mol. The van der Waals surface area contributed by atoms with Gasteiger partial charge in [-0.1, -0.05) is 42.5 Å². The minimum absolute atomic E-state index is 0.0870. The van der Waals surface area contributed by atoms with Crippen LogP contribution in [-0.4, -0.2) is 58.8 Å². The summed E-state index contributed by atoms with van der Waals surface area (Å²) in [6.45, 7) is 2.81. The number of rotatable bonds is 17. The Labute approximate surface area is 221 Å². The Balaban J connectivity index is 1.86. The molecule has 0 unspecified atom stereocenters. The van der Waals surface area contributed by atoms with Crippen LogP contribution >= 0.6 is 0 Å². The molecule has 1 aromatic carbocycles. The molecule has 0 heterocycles. The van der Waals surface area contributed by atoms with Crippen molar-refractivity contribution < 1.29 is 34.4 Å². The standard InChI is InChI=1S/C30H46O7/c1-22(2)36-29(34)13-9-4-3-8-12-27-24(16-19-28(27)33)15-18-26(37-30(35)25(20-31)21-32)17-14-23-10-6-5-7-11-23/h3,5-8,10-11,22,24-28,31-33H,4,9,12-21H2,1-2H3/b8-3-/t24-,26-,27+,28-/m0/s1. The molecule has 7 nitrogen and oxygen atoms in total. The third kappa shape index (κ3) is 11.8. The Morgan fingerprint density at radius 3 is 2.43 bits per heavy atom. The van der Waals surface area contributed by atoms with E-state index in [0.29, 0.717) is 25.2 Å². The lowest BCUT2D eigenvalue weighted by atomic mass is 9.86. The maximum absolute atomic E-state index is 12.4. The number of esters is 2. The van der Waals surface area contributed by atoms with E-state index in [2.05, 4.69) is 12.2 Å². The van der Waals surface area contributed by atoms with Gasteiger partial charge in [-0.05, 0) is 89.0 Å². The van der Waals surface area contributed by atoms with Crippen LogP contribution in [-0.2, 0) is 25.5 Å². The van der Waals surface area contributed by atoms with Crippen LogP contribution in [0.15, 0.2) is 42.5 Å². The van der Waals surface area contributed by atoms with Gasteiger partial charge in [-0.3, -0.25) is 9.59 Å². The third-order valence-electron chi connectivity index (χ3n) is 7.14. The lowest BCUT2D eigenvalue weighted by molar-refractivity contribution is -0.158. The summed E-state index contributed by atoms with van der Waals surface area (Å²) in [6.07, 6.45) is 10.9. The molecule has 0 saturated heterocycles. The maximum atomic E-state index is 12.4. The molecule has 1 fully saturated rings. The van der Waals surface area contributed by atoms with Gasteiger partial charge in [-0.25, -0.2) is 0 Å². The Hall–Kier alpha value is -2.22. The number of hydrogen-bond donors (Lipinski definition) is 3. The van der Waals surface area contributed by atoms with Crippen LogP contribution < -0.4 is 0 Å². The molecule has 2 rings (SSSR count). The molecule has 7 heteroatoms. The van der Waals surface area contributed by atoms with Gasteiger partial charge in [-0.2, -0.15) is 0 Å². The van der Waals surface area contributed by atoms with E-state index in [-0.39, 0.29) is 30.2 Å². The van der Waals surface area contributed by atoms with Crippen LogP contribution in [0, 0.1) is 17.8 Å². The van der Waals surface area contributed by atoms with Crippen molar-refractivity contribution in [3.63, 3.8) is 0 Å². The largest absolute Gasteiger partial charge is 0.463 e. The summed E-state index contributed by atoms with van der Waals surface area (Å²) in [5, 5.41) is 29.3. The molecule has 0 amide bonds. The van der Waals surface area contributed by atoms with Gasteiger partial charge < -0.3 is 24.8 Å². The number of unbranched alkanes of at least 4 members (excludes halogenated alkanes) is 1. The van der Waals surface area contributed by atoms with Crippen molar-refractivity contribution in [3.05, 3.63) is 48.0 Å². The van der Waals surface area contributed by atoms with Crippen LogP contribution in [0.1, 0.15) is 77.2 Å². The SMILES string of the molecule is CC(C)OC(=O)CCC/C=C\C[C@@H]1[C@@H](CC[C@H](CCc2ccccc2)OC(=O)C(CO)CO)CC[C@@H]1O. The lowest BCUT2D eigenvalue weighted by Gasteiger charge is -2.25. The number of allylic oxidation sites excluding steroid dienone is 2. The first kappa shape index (κ1) is 31.0. The van der Waals surface area contributed by atoms with Gasteiger partial charge >= 0.3 is 11.9 Å². The number of ether oxygens (including phenoxy) is 2. The van der Waals surface area contributed by atoms with E-state index >= 15 is 0 Å². The first-order chi connectivity index (χ1) is 17.8. The molecule has 1 aromatic rings. The van der Waals surface area contributed by atoms with Crippen LogP contribution in [0.2, 0.25) is 0 Å². The summed E-state index contributed by atoms with van der Waals surface area (Å²) in [6, 6.07) is 10.0. The predicted octanol–water partition coefficient (Wildman–Crippen LogP) is 4.37. The fraction of sp³-hybridized carbons (Fsp3) is 0.667. The normalized spacial score (nSPS) is 20.6. The zero-order valence-corrected chi connectivity index (χ0v) is 22.5. The average Bonchev–Trinajstić information content (AvgIpc) is 3.22. The highest BCUT2D eigenvalue weighted by Crippen LogP contribution is 2.38. The highest BCUT2D eigenvalue weighted by molar-refractivity contribution is 5.72. The quantitative estimate of drug-likeness (QED) is 0.159. The van der Waals surface area contributed by atoms with Crippen LogP contribution in [0.25, 0.3) is 0 Å². The van der Waals surface area contributed by atoms with Crippen molar-refractivity contribution in [1.29, 1.82) is 0 Å². The van der Waals surface area contributed by atoms with Crippen LogP contribution in [0.5, 0.6) is 0 Å². The summed E-state index contributed by atoms with van der Waals surface area (Å²) in [7, 11) is 0. The van der Waals surface area contributed by atoms with Crippen LogP contribution in [0.3, 0.4) is 0 Å². The molecular formula is C30H46O7. The van der Waals surface area contributed by atoms with Crippen molar-refractivity contribution in [2.75, 3.05) is 13.2 Å². The Bertz CT molecular complexity index is 803. The Kier molecular flexibility index (Phi) is 14.5. The molecule has 1 aliphatic rings. The van der Waals surface area contributed by atoms with E-state index in [0.717, 1.165) is 44.9 Å². The Morgan fingerprint density at radius 2 is 1.76 bits per heavy atom. The highest BCUT2D eigenvalue weighted by Gasteiger charge is 2.34. The maximum Gasteiger partial charge on any atom is 0.313 e. The number of carbonyl (C=O) groups excluding carboxylic acids is 2. The number of carbonyl (C=O) groups is 2. The second kappa shape index (κ2) is 17.3. The predicted molar refractivity (Wildman–Crippen MR) is 143 cm³/mol. The number of aliphatic hydroxyl groups is 3. The smallest absolute Gasteiger partial charge is 0.313 e. The number of aryl methyl sites for hydroxylation is 1. The molecule has 0 aliphatic heterocycles. The van der Waals surface area contributed by atoms with Gasteiger partial charge in [-0.15, -0.1) is 0 Å². The monoisotopic (exact) mass is 518 g/mol. The van der Waals surface area contributed by atoms with Crippen LogP contribution in [0.4, 0.5) is 0 Å². The van der Waals surface area contributed by atoms with Crippen molar-refractivity contribution in [2.24, 2.45) is 17.8 Å². The third-order valence-corrected chi connectivity index (χ3v) is 7.14. The van der Waals surface area contributed by atoms with E-state index in [9.17, 15) is 24.9 Å². The minimum Gasteiger partial charge on any atom is -0.463 e. The first-order valence-electron chi connectivity index (χ1n) is 13.8. The second-order valence-corrected chi connectivity index (χ2v) is 10.4. The van der Waals surface area contributed by atoms with E-state index in [4.69, 9.17) is 9.47 Å². The summed E-state index contributed by atoms with van der Waals surface area (Å²) >= 11 is 0. The zero-order chi connectivity index (χ0) is 27.0. The molecule has 1 aliphatic carbocycles. The molecule has 1 saturated carbocycles. The Morgan fingerprint density at radius 1 is 1.03 bits per heavy atom. The molecule has 0 aromatic heterocycles. The van der Waals surface area contributed by atoms with Gasteiger partial charge in [0.05, 0.1) is 25.4 Å². The van der Waals surface area contributed by atoms with Crippen molar-refractivity contribution in [1.82, 2.24) is 0 Å². The minimum atomic E-state index is -0.919. The lowest BCUT2D eigenvalue weighted by Crippen LogP contribution is -2.30. The van der Waals surface area contributed by atoms with E-state index < -0.39 is 25.1 Å². The second-order valence-electron chi connectivity index (χ2n) is 10.4. The first-order valence-corrected chi connectivity index (χ1v) is 13.8. The summed E-state index contributed by atoms with van der Waals surface area (Å²) in [5.41, 5.74) is 1.17. The molecule has 37 heavy (non-hydrogen) atoms. The van der Waals surface area contributed by atoms with Gasteiger partial charge in [0, 0.05) is 6.42 Å². The topological polar surface area (TPSA) is 113 Å². The summed E-state index contributed by atoms with van der Waals surface area (Å²) < 4.78 is 10.9. The fourth-order valence-electron chi connectivity index (χ4n) is 4.99. The molecule has 0 spiro atoms. The molecule has 0 bridgehead atoms. The summed E-state index contributed by atoms with van der Waals surface area (Å²) in [4.78, 5) is 24.1. The summed E-state index contributed by atoms with van der Waals surface area (Å²) in [5.74, 6) is -1.15. The van der Waals surface area contributed by atoms with Crippen molar-refractivity contribution >= 4 is 11.9 Å². The van der Waals surface area contributed by atoms with Crippen molar-refractivity contribution in [3.8, 4) is 0 Å². The van der Waals surface area contributed by atoms with E-state index in [1.807, 2.05) is 44.2 Å². The zero-order valence-electron chi connectivity index (χ0n) is 22.5. The fourth-order valence-corrected chi connectivity index (χ4v) is 4.99. The van der Waals surface area contributed by atoms with Gasteiger partial charge in [0.25, 0.3) is 0 Å². The number of hydrogen-bond acceptors (Lipinski definition) is 7. The molecule has 4 atom stereocenters. The van der Waals surface area contributed by atoms with E-state index in [1.54, 1.807) is 0 Å². The van der Waals surface area contributed by atoms with Gasteiger partial charge in [0.15, 0.2) is 0 Å². The number of benzene rings is 1. The van der Waals surface area contributed by atoms with Gasteiger partial charge in [0.2, 0.25) is 0 Å². The number of aliphatic hydroxyl groups excluding tert-OH is 3.